The number of ether oxygens (including phenoxy) is 3. The quantitative estimate of drug-likeness (QED) is 0.143. The zero-order valence-electron chi connectivity index (χ0n) is 27.2. The fourth-order valence-electron chi connectivity index (χ4n) is 4.66. The minimum atomic E-state index is -0.926. The molecular formula is C33H38Cl4N4O6. The van der Waals surface area contributed by atoms with Crippen molar-refractivity contribution >= 4 is 58.3 Å². The van der Waals surface area contributed by atoms with E-state index in [0.29, 0.717) is 67.6 Å². The fraction of sp³-hybridized carbons (Fsp3) is 0.394. The molecule has 2 heterocycles. The van der Waals surface area contributed by atoms with E-state index in [4.69, 9.17) is 65.7 Å². The van der Waals surface area contributed by atoms with Gasteiger partial charge in [0, 0.05) is 31.2 Å². The van der Waals surface area contributed by atoms with Crippen LogP contribution in [0.3, 0.4) is 0 Å². The molecule has 2 aromatic carbocycles. The molecule has 10 nitrogen and oxygen atoms in total. The van der Waals surface area contributed by atoms with E-state index >= 15 is 0 Å². The van der Waals surface area contributed by atoms with Gasteiger partial charge in [0.1, 0.15) is 11.5 Å². The minimum absolute atomic E-state index is 0.0208. The van der Waals surface area contributed by atoms with Crippen LogP contribution >= 0.6 is 46.4 Å². The van der Waals surface area contributed by atoms with Gasteiger partial charge in [-0.2, -0.15) is 10.2 Å². The van der Waals surface area contributed by atoms with Crippen LogP contribution in [0.5, 0.6) is 23.3 Å². The predicted octanol–water partition coefficient (Wildman–Crippen LogP) is 9.59. The van der Waals surface area contributed by atoms with E-state index < -0.39 is 5.97 Å². The maximum Gasteiger partial charge on any atom is 0.311 e. The zero-order chi connectivity index (χ0) is 35.0. The van der Waals surface area contributed by atoms with Crippen molar-refractivity contribution in [2.24, 2.45) is 0 Å². The number of benzene rings is 2. The van der Waals surface area contributed by atoms with Gasteiger partial charge in [-0.15, -0.1) is 0 Å². The highest BCUT2D eigenvalue weighted by atomic mass is 35.5. The van der Waals surface area contributed by atoms with Crippen molar-refractivity contribution < 1.29 is 28.9 Å². The molecule has 0 spiro atoms. The second-order valence-electron chi connectivity index (χ2n) is 11.0. The third-order valence-electron chi connectivity index (χ3n) is 6.73. The van der Waals surface area contributed by atoms with Crippen molar-refractivity contribution in [3.05, 3.63) is 79.0 Å². The molecule has 0 saturated carbocycles. The highest BCUT2D eigenvalue weighted by molar-refractivity contribution is 6.35. The summed E-state index contributed by atoms with van der Waals surface area (Å²) in [6.07, 6.45) is 1.24. The molecule has 0 unspecified atom stereocenters. The summed E-state index contributed by atoms with van der Waals surface area (Å²) >= 11 is 24.1. The lowest BCUT2D eigenvalue weighted by molar-refractivity contribution is -0.140. The number of halogens is 4. The molecule has 2 aromatic heterocycles. The summed E-state index contributed by atoms with van der Waals surface area (Å²) < 4.78 is 20.2. The van der Waals surface area contributed by atoms with Crippen LogP contribution < -0.4 is 9.47 Å². The van der Waals surface area contributed by atoms with E-state index in [-0.39, 0.29) is 30.9 Å². The third-order valence-corrected chi connectivity index (χ3v) is 7.60. The lowest BCUT2D eigenvalue weighted by atomic mass is 10.1. The van der Waals surface area contributed by atoms with Crippen LogP contribution in [0.15, 0.2) is 36.4 Å². The van der Waals surface area contributed by atoms with Crippen molar-refractivity contribution in [2.45, 2.75) is 79.3 Å². The number of nitrogens with zero attached hydrogens (tertiary/aromatic N) is 4. The molecule has 0 radical (unpaired) electrons. The van der Waals surface area contributed by atoms with Gasteiger partial charge < -0.3 is 19.3 Å². The lowest BCUT2D eigenvalue weighted by Crippen LogP contribution is -2.08. The maximum absolute atomic E-state index is 11.6. The highest BCUT2D eigenvalue weighted by Gasteiger charge is 2.24. The van der Waals surface area contributed by atoms with Gasteiger partial charge in [-0.25, -0.2) is 9.36 Å². The SMILES string of the molecule is CCc1c(CC(=O)O)nn(C(C)C)c1Oc1cc(Cl)cc(Cl)c1.CCc1c(CC(=O)OC)nn(C(C)C)c1Oc1cc(Cl)cc(Cl)c1. The molecule has 0 aliphatic carbocycles. The number of hydrogen-bond donors (Lipinski definition) is 1. The number of carbonyl (C=O) groups excluding carboxylic acids is 1. The number of aliphatic carboxylic acids is 1. The number of methoxy groups -OCH3 is 1. The third kappa shape index (κ3) is 10.3. The van der Waals surface area contributed by atoms with Crippen molar-refractivity contribution in [3.63, 3.8) is 0 Å². The summed E-state index contributed by atoms with van der Waals surface area (Å²) in [5, 5.41) is 19.9. The van der Waals surface area contributed by atoms with E-state index in [9.17, 15) is 9.59 Å². The summed E-state index contributed by atoms with van der Waals surface area (Å²) in [7, 11) is 1.36. The van der Waals surface area contributed by atoms with Gasteiger partial charge in [0.15, 0.2) is 0 Å². The molecule has 0 aliphatic rings. The zero-order valence-corrected chi connectivity index (χ0v) is 30.3. The average molecular weight is 729 g/mol. The first-order valence-electron chi connectivity index (χ1n) is 14.9. The Bertz CT molecular complexity index is 1680. The van der Waals surface area contributed by atoms with Crippen LogP contribution in [-0.2, 0) is 40.0 Å². The summed E-state index contributed by atoms with van der Waals surface area (Å²) in [5.41, 5.74) is 2.81. The highest BCUT2D eigenvalue weighted by Crippen LogP contribution is 2.35. The molecule has 0 aliphatic heterocycles. The van der Waals surface area contributed by atoms with Gasteiger partial charge in [0.05, 0.1) is 43.4 Å². The van der Waals surface area contributed by atoms with Gasteiger partial charge in [-0.05, 0) is 76.9 Å². The van der Waals surface area contributed by atoms with E-state index in [2.05, 4.69) is 10.2 Å². The molecule has 0 amide bonds. The molecule has 14 heteroatoms. The van der Waals surface area contributed by atoms with Gasteiger partial charge in [-0.1, -0.05) is 60.3 Å². The average Bonchev–Trinajstić information content (AvgIpc) is 3.48. The van der Waals surface area contributed by atoms with Gasteiger partial charge in [0.25, 0.3) is 0 Å². The topological polar surface area (TPSA) is 118 Å². The number of aromatic nitrogens is 4. The monoisotopic (exact) mass is 726 g/mol. The fourth-order valence-corrected chi connectivity index (χ4v) is 5.67. The molecule has 4 rings (SSSR count). The maximum atomic E-state index is 11.6. The van der Waals surface area contributed by atoms with Crippen LogP contribution in [0.25, 0.3) is 0 Å². The first-order chi connectivity index (χ1) is 22.2. The number of carbonyl (C=O) groups is 2. The lowest BCUT2D eigenvalue weighted by Gasteiger charge is -2.13. The number of carboxylic acids is 1. The Kier molecular flexibility index (Phi) is 13.8. The summed E-state index contributed by atoms with van der Waals surface area (Å²) in [4.78, 5) is 22.7. The second kappa shape index (κ2) is 17.1. The van der Waals surface area contributed by atoms with Crippen molar-refractivity contribution in [2.75, 3.05) is 7.11 Å². The Morgan fingerprint density at radius 3 is 1.36 bits per heavy atom. The molecule has 4 aromatic rings. The Morgan fingerprint density at radius 2 is 1.06 bits per heavy atom. The van der Waals surface area contributed by atoms with Crippen molar-refractivity contribution in [1.82, 2.24) is 19.6 Å². The Hall–Kier alpha value is -3.44. The summed E-state index contributed by atoms with van der Waals surface area (Å²) in [5.74, 6) is 0.859. The van der Waals surface area contributed by atoms with E-state index in [1.165, 1.54) is 7.11 Å². The van der Waals surface area contributed by atoms with Gasteiger partial charge in [0.2, 0.25) is 11.8 Å². The van der Waals surface area contributed by atoms with Crippen LogP contribution in [0.2, 0.25) is 20.1 Å². The first kappa shape index (κ1) is 38.0. The van der Waals surface area contributed by atoms with Crippen LogP contribution in [0.4, 0.5) is 0 Å². The minimum Gasteiger partial charge on any atom is -0.481 e. The Labute approximate surface area is 294 Å². The molecular weight excluding hydrogens is 690 g/mol. The number of esters is 1. The molecule has 254 valence electrons. The van der Waals surface area contributed by atoms with Crippen LogP contribution in [0.1, 0.15) is 76.1 Å². The van der Waals surface area contributed by atoms with Gasteiger partial charge >= 0.3 is 11.9 Å². The largest absolute Gasteiger partial charge is 0.481 e. The number of rotatable bonds is 12. The first-order valence-corrected chi connectivity index (χ1v) is 16.4. The molecule has 0 bridgehead atoms. The van der Waals surface area contributed by atoms with E-state index in [1.54, 1.807) is 45.8 Å². The second-order valence-corrected chi connectivity index (χ2v) is 12.7. The molecule has 0 fully saturated rings. The Morgan fingerprint density at radius 1 is 0.702 bits per heavy atom. The molecule has 0 atom stereocenters. The predicted molar refractivity (Wildman–Crippen MR) is 184 cm³/mol. The van der Waals surface area contributed by atoms with E-state index in [0.717, 1.165) is 11.1 Å². The normalized spacial score (nSPS) is 11.0. The number of hydrogen-bond acceptors (Lipinski definition) is 7. The Balaban J connectivity index is 0.000000256. The molecule has 1 N–H and O–H groups in total. The molecule has 0 saturated heterocycles. The summed E-state index contributed by atoms with van der Waals surface area (Å²) in [6, 6.07) is 10.0. The molecule has 47 heavy (non-hydrogen) atoms. The van der Waals surface area contributed by atoms with Crippen LogP contribution in [-0.4, -0.2) is 43.7 Å². The van der Waals surface area contributed by atoms with Crippen molar-refractivity contribution in [3.8, 4) is 23.3 Å². The van der Waals surface area contributed by atoms with Crippen molar-refractivity contribution in [1.29, 1.82) is 0 Å². The summed E-state index contributed by atoms with van der Waals surface area (Å²) in [6.45, 7) is 11.8. The smallest absolute Gasteiger partial charge is 0.311 e. The number of carboxylic acid groups (broad SMARTS) is 1. The standard InChI is InChI=1S/C17H20Cl2N2O3.C16H18Cl2N2O3/c1-5-14-15(9-16(22)23-4)20-21(10(2)3)17(14)24-13-7-11(18)6-12(19)8-13;1-4-13-14(8-15(21)22)19-20(9(2)3)16(13)23-12-6-10(17)5-11(18)7-12/h6-8,10H,5,9H2,1-4H3;5-7,9H,4,8H2,1-3H3,(H,21,22). The van der Waals surface area contributed by atoms with E-state index in [1.807, 2.05) is 41.5 Å². The van der Waals surface area contributed by atoms with Gasteiger partial charge in [-0.3, -0.25) is 9.59 Å². The van der Waals surface area contributed by atoms with Crippen LogP contribution in [0, 0.1) is 0 Å².